The smallest absolute Gasteiger partial charge is 0.320 e. The first-order valence-corrected chi connectivity index (χ1v) is 20.3. The molecular formula is C44H47Cl2F2N9O7. The summed E-state index contributed by atoms with van der Waals surface area (Å²) in [5.74, 6) is -0.532. The number of rotatable bonds is 19. The highest BCUT2D eigenvalue weighted by molar-refractivity contribution is 6.37. The number of nitrogens with zero attached hydrogens (tertiary/aromatic N) is 6. The number of carboxylic acids is 1. The largest absolute Gasteiger partial charge is 0.496 e. The average molecular weight is 923 g/mol. The molecule has 0 unspecified atom stereocenters. The van der Waals surface area contributed by atoms with Gasteiger partial charge in [-0.15, -0.1) is 0 Å². The highest BCUT2D eigenvalue weighted by Crippen LogP contribution is 2.34. The lowest BCUT2D eigenvalue weighted by Gasteiger charge is -2.27. The molecule has 0 fully saturated rings. The van der Waals surface area contributed by atoms with Crippen LogP contribution in [-0.4, -0.2) is 108 Å². The second kappa shape index (κ2) is 23.4. The molecule has 2 heterocycles. The zero-order valence-corrected chi connectivity index (χ0v) is 37.4. The van der Waals surface area contributed by atoms with Gasteiger partial charge in [-0.1, -0.05) is 35.3 Å². The van der Waals surface area contributed by atoms with E-state index in [1.54, 1.807) is 75.4 Å². The van der Waals surface area contributed by atoms with Gasteiger partial charge in [0.25, 0.3) is 5.91 Å². The number of benzene rings is 4. The lowest BCUT2D eigenvalue weighted by molar-refractivity contribution is -0.143. The van der Waals surface area contributed by atoms with E-state index in [-0.39, 0.29) is 40.4 Å². The summed E-state index contributed by atoms with van der Waals surface area (Å²) in [7, 11) is 6.20. The van der Waals surface area contributed by atoms with E-state index in [9.17, 15) is 23.5 Å². The van der Waals surface area contributed by atoms with Crippen LogP contribution in [0.4, 0.5) is 31.8 Å². The lowest BCUT2D eigenvalue weighted by Crippen LogP contribution is -2.40. The minimum Gasteiger partial charge on any atom is -0.496 e. The number of carbonyl (C=O) groups excluding carboxylic acids is 1. The SMILES string of the molecule is COCCN(Cc1cc2c(Nc3cccc(Cl)c3F)ncnc2cc1OC)[C@@H](C)C(=O)O.COCCN=C(C)C(=O)NCc1cc2c(Nc3cccc(Cl)c3F)ncnc2cc1OC. The van der Waals surface area contributed by atoms with Crippen molar-refractivity contribution in [2.24, 2.45) is 4.99 Å². The number of ether oxygens (including phenoxy) is 4. The maximum Gasteiger partial charge on any atom is 0.320 e. The fourth-order valence-corrected chi connectivity index (χ4v) is 6.58. The van der Waals surface area contributed by atoms with Crippen molar-refractivity contribution in [2.45, 2.75) is 33.0 Å². The molecule has 0 bridgehead atoms. The van der Waals surface area contributed by atoms with Crippen LogP contribution >= 0.6 is 23.2 Å². The molecule has 6 rings (SSSR count). The summed E-state index contributed by atoms with van der Waals surface area (Å²) >= 11 is 11.8. The molecule has 0 radical (unpaired) electrons. The molecule has 0 aliphatic heterocycles. The van der Waals surface area contributed by atoms with Gasteiger partial charge in [-0.3, -0.25) is 19.5 Å². The van der Waals surface area contributed by atoms with Gasteiger partial charge in [0.15, 0.2) is 11.6 Å². The van der Waals surface area contributed by atoms with Crippen molar-refractivity contribution in [1.82, 2.24) is 30.2 Å². The van der Waals surface area contributed by atoms with Crippen LogP contribution in [0.1, 0.15) is 25.0 Å². The van der Waals surface area contributed by atoms with Gasteiger partial charge in [0.2, 0.25) is 0 Å². The average Bonchev–Trinajstić information content (AvgIpc) is 3.29. The molecular weight excluding hydrogens is 875 g/mol. The Balaban J connectivity index is 0.000000241. The Morgan fingerprint density at radius 3 is 1.80 bits per heavy atom. The van der Waals surface area contributed by atoms with Crippen molar-refractivity contribution < 1.29 is 42.4 Å². The van der Waals surface area contributed by atoms with Crippen LogP contribution in [0.25, 0.3) is 21.8 Å². The van der Waals surface area contributed by atoms with Gasteiger partial charge in [0.05, 0.1) is 72.1 Å². The summed E-state index contributed by atoms with van der Waals surface area (Å²) in [6.45, 7) is 5.35. The van der Waals surface area contributed by atoms with Gasteiger partial charge in [0.1, 0.15) is 41.8 Å². The van der Waals surface area contributed by atoms with Crippen LogP contribution in [0, 0.1) is 11.6 Å². The van der Waals surface area contributed by atoms with E-state index in [4.69, 9.17) is 42.1 Å². The summed E-state index contributed by atoms with van der Waals surface area (Å²) in [6.07, 6.45) is 2.73. The molecule has 338 valence electrons. The number of carbonyl (C=O) groups is 2. The highest BCUT2D eigenvalue weighted by Gasteiger charge is 2.23. The van der Waals surface area contributed by atoms with E-state index in [0.29, 0.717) is 82.5 Å². The van der Waals surface area contributed by atoms with E-state index in [0.717, 1.165) is 5.56 Å². The Morgan fingerprint density at radius 2 is 1.30 bits per heavy atom. The van der Waals surface area contributed by atoms with Gasteiger partial charge in [-0.05, 0) is 50.2 Å². The third kappa shape index (κ3) is 12.4. The Morgan fingerprint density at radius 1 is 0.781 bits per heavy atom. The van der Waals surface area contributed by atoms with Gasteiger partial charge >= 0.3 is 5.97 Å². The monoisotopic (exact) mass is 921 g/mol. The minimum atomic E-state index is -0.942. The van der Waals surface area contributed by atoms with Crippen LogP contribution in [0.2, 0.25) is 10.0 Å². The summed E-state index contributed by atoms with van der Waals surface area (Å²) in [6, 6.07) is 15.6. The van der Waals surface area contributed by atoms with E-state index in [2.05, 4.69) is 40.9 Å². The van der Waals surface area contributed by atoms with Crippen LogP contribution in [0.5, 0.6) is 11.5 Å². The standard InChI is InChI=1S/C22H23ClFN5O3.C22H24ClFN4O4/c1-13(25-7-8-31-2)22(30)26-11-14-9-15-18(10-19(14)32-3)27-12-28-21(15)29-17-6-4-5-16(23)20(17)24;1-13(22(29)30)28(7-8-31-2)11-14-9-15-18(10-19(14)32-3)25-12-26-21(15)27-17-6-4-5-16(23)20(17)24/h4-6,9-10,12H,7-8,11H2,1-3H3,(H,26,30)(H,27,28,29);4-6,9-10,12-13H,7-8,11H2,1-3H3,(H,29,30)(H,25,26,27)/t;13-/m.0/s1. The number of aliphatic carboxylic acids is 1. The summed E-state index contributed by atoms with van der Waals surface area (Å²) in [5, 5.41) is 19.5. The molecule has 20 heteroatoms. The quantitative estimate of drug-likeness (QED) is 0.0451. The third-order valence-corrected chi connectivity index (χ3v) is 10.3. The van der Waals surface area contributed by atoms with Crippen molar-refractivity contribution in [3.8, 4) is 11.5 Å². The Hall–Kier alpha value is -6.31. The van der Waals surface area contributed by atoms with Crippen molar-refractivity contribution in [1.29, 1.82) is 0 Å². The predicted molar refractivity (Wildman–Crippen MR) is 243 cm³/mol. The highest BCUT2D eigenvalue weighted by atomic mass is 35.5. The zero-order chi connectivity index (χ0) is 46.3. The van der Waals surface area contributed by atoms with Gasteiger partial charge in [-0.25, -0.2) is 28.7 Å². The fourth-order valence-electron chi connectivity index (χ4n) is 6.23. The Labute approximate surface area is 378 Å². The molecule has 0 aliphatic rings. The molecule has 0 spiro atoms. The fraction of sp³-hybridized carbons (Fsp3) is 0.295. The lowest BCUT2D eigenvalue weighted by atomic mass is 10.1. The number of fused-ring (bicyclic) bond motifs is 2. The van der Waals surface area contributed by atoms with Crippen molar-refractivity contribution >= 4 is 85.6 Å². The summed E-state index contributed by atoms with van der Waals surface area (Å²) in [4.78, 5) is 46.9. The van der Waals surface area contributed by atoms with E-state index < -0.39 is 23.6 Å². The number of carboxylic acid groups (broad SMARTS) is 1. The number of hydrogen-bond acceptors (Lipinski definition) is 14. The molecule has 4 N–H and O–H groups in total. The van der Waals surface area contributed by atoms with Gasteiger partial charge in [0, 0.05) is 67.9 Å². The number of amides is 1. The maximum atomic E-state index is 14.4. The molecule has 1 amide bonds. The third-order valence-electron chi connectivity index (χ3n) is 9.76. The molecule has 6 aromatic rings. The number of aliphatic imine (C=N–C) groups is 1. The molecule has 16 nitrogen and oxygen atoms in total. The number of methoxy groups -OCH3 is 4. The zero-order valence-electron chi connectivity index (χ0n) is 35.8. The number of aromatic nitrogens is 4. The molecule has 0 saturated heterocycles. The van der Waals surface area contributed by atoms with Crippen molar-refractivity contribution in [3.63, 3.8) is 0 Å². The summed E-state index contributed by atoms with van der Waals surface area (Å²) in [5.41, 5.74) is 3.32. The Kier molecular flexibility index (Phi) is 17.8. The van der Waals surface area contributed by atoms with Gasteiger partial charge in [-0.2, -0.15) is 0 Å². The first-order valence-electron chi connectivity index (χ1n) is 19.6. The maximum absolute atomic E-state index is 14.4. The topological polar surface area (TPSA) is 195 Å². The minimum absolute atomic E-state index is 0.000894. The predicted octanol–water partition coefficient (Wildman–Crippen LogP) is 7.99. The first kappa shape index (κ1) is 48.7. The van der Waals surface area contributed by atoms with E-state index in [1.165, 1.54) is 39.0 Å². The molecule has 0 saturated carbocycles. The number of nitrogens with one attached hydrogen (secondary N) is 3. The van der Waals surface area contributed by atoms with Crippen molar-refractivity contribution in [3.05, 3.63) is 106 Å². The number of hydrogen-bond donors (Lipinski definition) is 4. The van der Waals surface area contributed by atoms with Crippen LogP contribution < -0.4 is 25.4 Å². The second-order valence-corrected chi connectivity index (χ2v) is 14.7. The number of anilines is 4. The molecule has 0 aliphatic carbocycles. The molecule has 1 atom stereocenters. The van der Waals surface area contributed by atoms with Crippen LogP contribution in [0.15, 0.2) is 78.3 Å². The molecule has 2 aromatic heterocycles. The normalized spacial score (nSPS) is 11.8. The van der Waals surface area contributed by atoms with Crippen LogP contribution in [0.3, 0.4) is 0 Å². The molecule has 4 aromatic carbocycles. The van der Waals surface area contributed by atoms with Crippen LogP contribution in [-0.2, 0) is 32.2 Å². The Bertz CT molecular complexity index is 2630. The van der Waals surface area contributed by atoms with E-state index >= 15 is 0 Å². The summed E-state index contributed by atoms with van der Waals surface area (Å²) < 4.78 is 49.8. The molecule has 64 heavy (non-hydrogen) atoms. The van der Waals surface area contributed by atoms with Crippen molar-refractivity contribution in [2.75, 3.05) is 65.4 Å². The van der Waals surface area contributed by atoms with E-state index in [1.807, 2.05) is 6.07 Å². The van der Waals surface area contributed by atoms with Gasteiger partial charge < -0.3 is 40.0 Å². The second-order valence-electron chi connectivity index (χ2n) is 13.9. The number of halogens is 4. The first-order chi connectivity index (χ1) is 30.8.